The second kappa shape index (κ2) is 73.2. The van der Waals surface area contributed by atoms with Gasteiger partial charge in [-0.2, -0.15) is 0 Å². The summed E-state index contributed by atoms with van der Waals surface area (Å²) < 4.78 is 68.7. The number of phosphoric acid groups is 2. The van der Waals surface area contributed by atoms with Crippen LogP contribution in [0.3, 0.4) is 0 Å². The Hall–Kier alpha value is -1.94. The van der Waals surface area contributed by atoms with Crippen molar-refractivity contribution in [2.45, 2.75) is 452 Å². The summed E-state index contributed by atoms with van der Waals surface area (Å²) in [5, 5.41) is 10.6. The first kappa shape index (κ1) is 100. The molecule has 0 heterocycles. The molecule has 0 spiro atoms. The second-order valence-corrected chi connectivity index (χ2v) is 33.7. The minimum Gasteiger partial charge on any atom is -0.462 e. The molecule has 17 nitrogen and oxygen atoms in total. The lowest BCUT2D eigenvalue weighted by molar-refractivity contribution is -0.161. The maximum atomic E-state index is 13.1. The number of rotatable bonds is 81. The van der Waals surface area contributed by atoms with E-state index in [1.54, 1.807) is 0 Å². The van der Waals surface area contributed by atoms with Gasteiger partial charge in [-0.15, -0.1) is 0 Å². The fourth-order valence-corrected chi connectivity index (χ4v) is 14.4. The fourth-order valence-electron chi connectivity index (χ4n) is 12.8. The SMILES string of the molecule is CCCCCCCCCCCCCCCCCCCCCCCC(=O)OC[C@H](COP(=O)(O)OC[C@@H](O)COP(=O)(O)OC[C@@H](COC(=O)CCCCCCCCC(C)CC)OC(=O)CCCCCCCCC(C)CC)OC(=O)CCCCCCCCCCCCCCCCCCCCC(C)C. The Kier molecular flexibility index (Phi) is 71.8. The topological polar surface area (TPSA) is 237 Å². The second-order valence-electron chi connectivity index (χ2n) is 30.8. The van der Waals surface area contributed by atoms with Gasteiger partial charge in [-0.3, -0.25) is 37.3 Å². The third-order valence-corrected chi connectivity index (χ3v) is 22.0. The van der Waals surface area contributed by atoms with Crippen molar-refractivity contribution < 1.29 is 80.2 Å². The number of aliphatic hydroxyl groups excluding tert-OH is 1. The van der Waals surface area contributed by atoms with E-state index in [9.17, 15) is 43.2 Å². The number of ether oxygens (including phenoxy) is 4. The molecule has 0 amide bonds. The van der Waals surface area contributed by atoms with E-state index in [0.29, 0.717) is 25.7 Å². The highest BCUT2D eigenvalue weighted by molar-refractivity contribution is 7.47. The van der Waals surface area contributed by atoms with E-state index in [-0.39, 0.29) is 25.7 Å². The monoisotopic (exact) mass is 1490 g/mol. The van der Waals surface area contributed by atoms with E-state index < -0.39 is 97.5 Å². The molecule has 102 heavy (non-hydrogen) atoms. The van der Waals surface area contributed by atoms with E-state index in [4.69, 9.17) is 37.0 Å². The van der Waals surface area contributed by atoms with Gasteiger partial charge in [0.2, 0.25) is 0 Å². The van der Waals surface area contributed by atoms with Crippen LogP contribution in [0.15, 0.2) is 0 Å². The van der Waals surface area contributed by atoms with Gasteiger partial charge in [0.1, 0.15) is 19.3 Å². The van der Waals surface area contributed by atoms with Gasteiger partial charge in [0.05, 0.1) is 26.4 Å². The molecule has 0 bridgehead atoms. The molecule has 0 radical (unpaired) electrons. The maximum absolute atomic E-state index is 13.1. The average Bonchev–Trinajstić information content (AvgIpc) is 1.01. The van der Waals surface area contributed by atoms with Crippen molar-refractivity contribution in [3.8, 4) is 0 Å². The zero-order chi connectivity index (χ0) is 75.1. The van der Waals surface area contributed by atoms with Crippen molar-refractivity contribution in [2.75, 3.05) is 39.6 Å². The number of carbonyl (C=O) groups is 4. The molecule has 0 rings (SSSR count). The van der Waals surface area contributed by atoms with Gasteiger partial charge in [-0.25, -0.2) is 9.13 Å². The first-order valence-electron chi connectivity index (χ1n) is 42.9. The van der Waals surface area contributed by atoms with Crippen LogP contribution in [0.1, 0.15) is 434 Å². The van der Waals surface area contributed by atoms with Gasteiger partial charge < -0.3 is 33.8 Å². The average molecular weight is 1490 g/mol. The van der Waals surface area contributed by atoms with Crippen LogP contribution in [0.5, 0.6) is 0 Å². The van der Waals surface area contributed by atoms with Crippen LogP contribution >= 0.6 is 15.6 Å². The highest BCUT2D eigenvalue weighted by Crippen LogP contribution is 2.45. The molecule has 0 aromatic carbocycles. The van der Waals surface area contributed by atoms with Gasteiger partial charge in [-0.1, -0.05) is 382 Å². The Labute approximate surface area is 626 Å². The molecular formula is C83H162O17P2. The molecule has 4 unspecified atom stereocenters. The highest BCUT2D eigenvalue weighted by atomic mass is 31.2. The lowest BCUT2D eigenvalue weighted by Gasteiger charge is -2.21. The summed E-state index contributed by atoms with van der Waals surface area (Å²) in [6.07, 6.45) is 62.8. The predicted molar refractivity (Wildman–Crippen MR) is 418 cm³/mol. The number of carbonyl (C=O) groups excluding carboxylic acids is 4. The largest absolute Gasteiger partial charge is 0.472 e. The van der Waals surface area contributed by atoms with Crippen molar-refractivity contribution in [1.29, 1.82) is 0 Å². The Morgan fingerprint density at radius 2 is 0.500 bits per heavy atom. The standard InChI is InChI=1S/C83H162O17P2/c1-8-11-12-13-14-15-16-17-18-19-20-21-22-26-29-32-35-38-41-50-57-64-80(85)93-70-78(99-82(87)66-59-52-42-39-36-33-30-27-24-23-25-28-31-34-37-40-47-54-61-74(4)5)72-97-101(89,90)95-68-77(84)69-96-102(91,92)98-73-79(100-83(88)67-60-53-46-44-49-56-63-76(7)10-3)71-94-81(86)65-58-51-45-43-48-55-62-75(6)9-2/h74-79,84H,8-73H2,1-7H3,(H,89,90)(H,91,92)/t75?,76?,77-,78-,79-/m1/s1. The Morgan fingerprint density at radius 3 is 0.745 bits per heavy atom. The van der Waals surface area contributed by atoms with Crippen LogP contribution in [0.2, 0.25) is 0 Å². The third-order valence-electron chi connectivity index (χ3n) is 20.1. The van der Waals surface area contributed by atoms with Gasteiger partial charge >= 0.3 is 39.5 Å². The molecule has 19 heteroatoms. The molecule has 3 N–H and O–H groups in total. The Bertz CT molecular complexity index is 1980. The molecule has 7 atom stereocenters. The number of hydrogen-bond acceptors (Lipinski definition) is 15. The summed E-state index contributed by atoms with van der Waals surface area (Å²) in [5.41, 5.74) is 0. The van der Waals surface area contributed by atoms with Crippen LogP contribution in [-0.2, 0) is 65.4 Å². The molecule has 0 aliphatic rings. The first-order valence-corrected chi connectivity index (χ1v) is 45.9. The van der Waals surface area contributed by atoms with Crippen molar-refractivity contribution in [3.05, 3.63) is 0 Å². The van der Waals surface area contributed by atoms with Gasteiger partial charge in [0, 0.05) is 25.7 Å². The van der Waals surface area contributed by atoms with E-state index >= 15 is 0 Å². The first-order chi connectivity index (χ1) is 49.3. The summed E-state index contributed by atoms with van der Waals surface area (Å²) in [6, 6.07) is 0. The van der Waals surface area contributed by atoms with Crippen molar-refractivity contribution in [3.63, 3.8) is 0 Å². The molecule has 0 aliphatic carbocycles. The number of aliphatic hydroxyl groups is 1. The fraction of sp³-hybridized carbons (Fsp3) is 0.952. The zero-order valence-corrected chi connectivity index (χ0v) is 68.9. The van der Waals surface area contributed by atoms with Crippen LogP contribution in [0.4, 0.5) is 0 Å². The Morgan fingerprint density at radius 1 is 0.284 bits per heavy atom. The molecule has 0 saturated carbocycles. The smallest absolute Gasteiger partial charge is 0.462 e. The molecule has 0 fully saturated rings. The quantitative estimate of drug-likeness (QED) is 0.0222. The highest BCUT2D eigenvalue weighted by Gasteiger charge is 2.30. The third kappa shape index (κ3) is 73.6. The molecule has 0 aliphatic heterocycles. The summed E-state index contributed by atoms with van der Waals surface area (Å²) >= 11 is 0. The van der Waals surface area contributed by atoms with E-state index in [1.165, 1.54) is 238 Å². The van der Waals surface area contributed by atoms with Gasteiger partial charge in [0.25, 0.3) is 0 Å². The number of esters is 4. The number of phosphoric ester groups is 2. The van der Waals surface area contributed by atoms with Crippen molar-refractivity contribution in [2.24, 2.45) is 17.8 Å². The predicted octanol–water partition coefficient (Wildman–Crippen LogP) is 24.9. The van der Waals surface area contributed by atoms with Crippen LogP contribution in [0.25, 0.3) is 0 Å². The summed E-state index contributed by atoms with van der Waals surface area (Å²) in [7, 11) is -9.92. The van der Waals surface area contributed by atoms with E-state index in [1.807, 2.05) is 0 Å². The van der Waals surface area contributed by atoms with Crippen LogP contribution in [0, 0.1) is 17.8 Å². The molecule has 0 aromatic rings. The molecular weight excluding hydrogens is 1330 g/mol. The number of hydrogen-bond donors (Lipinski definition) is 3. The van der Waals surface area contributed by atoms with Crippen molar-refractivity contribution >= 4 is 39.5 Å². The number of unbranched alkanes of at least 4 members (excludes halogenated alkanes) is 47. The van der Waals surface area contributed by atoms with Crippen LogP contribution in [-0.4, -0.2) is 96.7 Å². The van der Waals surface area contributed by atoms with Crippen molar-refractivity contribution in [1.82, 2.24) is 0 Å². The molecule has 0 saturated heterocycles. The summed E-state index contributed by atoms with van der Waals surface area (Å²) in [6.45, 7) is 11.9. The van der Waals surface area contributed by atoms with E-state index in [2.05, 4.69) is 48.5 Å². The Balaban J connectivity index is 5.18. The van der Waals surface area contributed by atoms with Crippen LogP contribution < -0.4 is 0 Å². The molecule has 0 aromatic heterocycles. The lowest BCUT2D eigenvalue weighted by Crippen LogP contribution is -2.30. The normalized spacial score (nSPS) is 14.5. The zero-order valence-electron chi connectivity index (χ0n) is 67.1. The van der Waals surface area contributed by atoms with E-state index in [0.717, 1.165) is 114 Å². The van der Waals surface area contributed by atoms with Gasteiger partial charge in [-0.05, 0) is 43.4 Å². The summed E-state index contributed by atoms with van der Waals surface area (Å²) in [4.78, 5) is 73.0. The lowest BCUT2D eigenvalue weighted by atomic mass is 10.00. The van der Waals surface area contributed by atoms with Gasteiger partial charge in [0.15, 0.2) is 12.2 Å². The molecule has 606 valence electrons. The maximum Gasteiger partial charge on any atom is 0.472 e. The minimum atomic E-state index is -4.96. The minimum absolute atomic E-state index is 0.102. The summed E-state index contributed by atoms with van der Waals surface area (Å²) in [5.74, 6) is 0.156.